The van der Waals surface area contributed by atoms with Gasteiger partial charge >= 0.3 is 0 Å². The van der Waals surface area contributed by atoms with E-state index in [1.165, 1.54) is 5.56 Å². The average molecular weight is 479 g/mol. The Labute approximate surface area is 203 Å². The fourth-order valence-corrected chi connectivity index (χ4v) is 4.57. The monoisotopic (exact) mass is 478 g/mol. The van der Waals surface area contributed by atoms with Gasteiger partial charge in [-0.25, -0.2) is 14.6 Å². The number of nitrogens with zero attached hydrogens (tertiary/aromatic N) is 6. The van der Waals surface area contributed by atoms with Crippen molar-refractivity contribution in [1.82, 2.24) is 24.6 Å². The quantitative estimate of drug-likeness (QED) is 0.389. The van der Waals surface area contributed by atoms with Crippen LogP contribution in [0.15, 0.2) is 67.1 Å². The number of rotatable bonds is 6. The van der Waals surface area contributed by atoms with Crippen molar-refractivity contribution >= 4 is 46.1 Å². The maximum Gasteiger partial charge on any atom is 0.163 e. The highest BCUT2D eigenvalue weighted by atomic mass is 35.5. The molecule has 0 atom stereocenters. The Kier molecular flexibility index (Phi) is 6.58. The van der Waals surface area contributed by atoms with Gasteiger partial charge in [0.25, 0.3) is 0 Å². The molecule has 0 unspecified atom stereocenters. The number of fused-ring (bicyclic) bond motifs is 1. The van der Waals surface area contributed by atoms with E-state index in [9.17, 15) is 0 Å². The Balaban J connectivity index is 1.26. The lowest BCUT2D eigenvalue weighted by molar-refractivity contribution is 0.284. The first kappa shape index (κ1) is 21.9. The molecule has 2 aromatic heterocycles. The van der Waals surface area contributed by atoms with Crippen molar-refractivity contribution < 1.29 is 0 Å². The molecular weight excluding hydrogens is 455 g/mol. The number of anilines is 1. The number of benzene rings is 2. The van der Waals surface area contributed by atoms with Crippen LogP contribution in [0.4, 0.5) is 5.82 Å². The number of hydrogen-bond acceptors (Lipinski definition) is 5. The lowest BCUT2D eigenvalue weighted by Gasteiger charge is -2.35. The number of piperazine rings is 1. The van der Waals surface area contributed by atoms with Gasteiger partial charge < -0.3 is 4.90 Å². The van der Waals surface area contributed by atoms with Gasteiger partial charge in [0.15, 0.2) is 5.65 Å². The highest BCUT2D eigenvalue weighted by Crippen LogP contribution is 2.26. The van der Waals surface area contributed by atoms with Crippen LogP contribution in [0, 0.1) is 0 Å². The first-order chi connectivity index (χ1) is 16.2. The number of aromatic nitrogens is 4. The fourth-order valence-electron chi connectivity index (χ4n) is 4.10. The van der Waals surface area contributed by atoms with Gasteiger partial charge in [0.1, 0.15) is 12.1 Å². The van der Waals surface area contributed by atoms with Crippen molar-refractivity contribution in [2.45, 2.75) is 6.54 Å². The Hall–Kier alpha value is -2.93. The molecule has 0 N–H and O–H groups in total. The minimum Gasteiger partial charge on any atom is -0.353 e. The Morgan fingerprint density at radius 1 is 0.939 bits per heavy atom. The molecule has 2 aromatic carbocycles. The van der Waals surface area contributed by atoms with Gasteiger partial charge in [-0.05, 0) is 23.3 Å². The van der Waals surface area contributed by atoms with Gasteiger partial charge in [0, 0.05) is 42.8 Å². The zero-order chi connectivity index (χ0) is 22.6. The largest absolute Gasteiger partial charge is 0.353 e. The van der Waals surface area contributed by atoms with Crippen LogP contribution < -0.4 is 4.90 Å². The van der Waals surface area contributed by atoms with E-state index in [0.717, 1.165) is 55.1 Å². The first-order valence-corrected chi connectivity index (χ1v) is 11.7. The van der Waals surface area contributed by atoms with Crippen LogP contribution in [-0.2, 0) is 6.54 Å². The van der Waals surface area contributed by atoms with E-state index < -0.39 is 0 Å². The molecule has 168 valence electrons. The third-order valence-corrected chi connectivity index (χ3v) is 6.48. The third kappa shape index (κ3) is 5.03. The van der Waals surface area contributed by atoms with Gasteiger partial charge in [0.2, 0.25) is 0 Å². The molecule has 0 radical (unpaired) electrons. The van der Waals surface area contributed by atoms with Crippen LogP contribution in [0.25, 0.3) is 17.1 Å². The molecule has 1 saturated heterocycles. The second-order valence-electron chi connectivity index (χ2n) is 8.07. The number of hydrogen-bond donors (Lipinski definition) is 0. The Morgan fingerprint density at radius 3 is 2.55 bits per heavy atom. The molecule has 0 amide bonds. The molecule has 0 bridgehead atoms. The van der Waals surface area contributed by atoms with Gasteiger partial charge in [-0.15, -0.1) is 0 Å². The maximum atomic E-state index is 6.36. The SMILES string of the molecule is Clc1ccc(Cn2ncc3c(N4CCN(CC=Cc5ccccc5)CC4)ncnc32)c(Cl)c1. The van der Waals surface area contributed by atoms with E-state index in [-0.39, 0.29) is 0 Å². The van der Waals surface area contributed by atoms with Gasteiger partial charge in [0.05, 0.1) is 18.1 Å². The summed E-state index contributed by atoms with van der Waals surface area (Å²) in [7, 11) is 0. The molecular formula is C25H24Cl2N6. The summed E-state index contributed by atoms with van der Waals surface area (Å²) in [5.41, 5.74) is 2.99. The van der Waals surface area contributed by atoms with Crippen molar-refractivity contribution in [2.75, 3.05) is 37.6 Å². The lowest BCUT2D eigenvalue weighted by atomic mass is 10.2. The maximum absolute atomic E-state index is 6.36. The Bertz CT molecular complexity index is 1260. The predicted octanol–water partition coefficient (Wildman–Crippen LogP) is 5.02. The van der Waals surface area contributed by atoms with E-state index in [4.69, 9.17) is 23.2 Å². The highest BCUT2D eigenvalue weighted by molar-refractivity contribution is 6.35. The molecule has 1 aliphatic heterocycles. The first-order valence-electron chi connectivity index (χ1n) is 11.0. The van der Waals surface area contributed by atoms with Crippen LogP contribution in [0.2, 0.25) is 10.0 Å². The predicted molar refractivity (Wildman–Crippen MR) is 135 cm³/mol. The van der Waals surface area contributed by atoms with Gasteiger partial charge in [-0.2, -0.15) is 5.10 Å². The smallest absolute Gasteiger partial charge is 0.163 e. The fraction of sp³-hybridized carbons (Fsp3) is 0.240. The summed E-state index contributed by atoms with van der Waals surface area (Å²) in [6.45, 7) is 5.27. The molecule has 5 rings (SSSR count). The highest BCUT2D eigenvalue weighted by Gasteiger charge is 2.21. The standard InChI is InChI=1S/C25H24Cl2N6/c26-21-9-8-20(23(27)15-21)17-33-25-22(16-30-33)24(28-18-29-25)32-13-11-31(12-14-32)10-4-7-19-5-2-1-3-6-19/h1-9,15-16,18H,10-14,17H2. The van der Waals surface area contributed by atoms with Crippen LogP contribution in [0.3, 0.4) is 0 Å². The second-order valence-corrected chi connectivity index (χ2v) is 8.92. The molecule has 0 spiro atoms. The van der Waals surface area contributed by atoms with Crippen molar-refractivity contribution in [2.24, 2.45) is 0 Å². The van der Waals surface area contributed by atoms with Crippen molar-refractivity contribution in [3.63, 3.8) is 0 Å². The molecule has 33 heavy (non-hydrogen) atoms. The van der Waals surface area contributed by atoms with Gasteiger partial charge in [-0.1, -0.05) is 71.8 Å². The van der Waals surface area contributed by atoms with Crippen LogP contribution >= 0.6 is 23.2 Å². The van der Waals surface area contributed by atoms with Crippen molar-refractivity contribution in [3.05, 3.63) is 88.3 Å². The molecule has 3 heterocycles. The van der Waals surface area contributed by atoms with E-state index in [0.29, 0.717) is 16.6 Å². The van der Waals surface area contributed by atoms with Crippen LogP contribution in [-0.4, -0.2) is 57.4 Å². The molecule has 8 heteroatoms. The normalized spacial score (nSPS) is 15.0. The van der Waals surface area contributed by atoms with E-state index in [1.54, 1.807) is 12.4 Å². The van der Waals surface area contributed by atoms with Gasteiger partial charge in [-0.3, -0.25) is 4.90 Å². The second kappa shape index (κ2) is 9.91. The third-order valence-electron chi connectivity index (χ3n) is 5.89. The molecule has 6 nitrogen and oxygen atoms in total. The molecule has 0 saturated carbocycles. The Morgan fingerprint density at radius 2 is 1.76 bits per heavy atom. The van der Waals surface area contributed by atoms with Crippen LogP contribution in [0.1, 0.15) is 11.1 Å². The topological polar surface area (TPSA) is 50.1 Å². The van der Waals surface area contributed by atoms with Crippen LogP contribution in [0.5, 0.6) is 0 Å². The zero-order valence-corrected chi connectivity index (χ0v) is 19.6. The van der Waals surface area contributed by atoms with E-state index in [2.05, 4.69) is 61.3 Å². The summed E-state index contributed by atoms with van der Waals surface area (Å²) in [6.07, 6.45) is 7.89. The minimum absolute atomic E-state index is 0.525. The van der Waals surface area contributed by atoms with Crippen molar-refractivity contribution in [3.8, 4) is 0 Å². The molecule has 0 aliphatic carbocycles. The minimum atomic E-state index is 0.525. The molecule has 1 aliphatic rings. The summed E-state index contributed by atoms with van der Waals surface area (Å²) < 4.78 is 1.86. The van der Waals surface area contributed by atoms with E-state index >= 15 is 0 Å². The number of halogens is 2. The molecule has 4 aromatic rings. The average Bonchev–Trinajstić information content (AvgIpc) is 3.25. The van der Waals surface area contributed by atoms with E-state index in [1.807, 2.05) is 29.1 Å². The summed E-state index contributed by atoms with van der Waals surface area (Å²) in [4.78, 5) is 13.9. The summed E-state index contributed by atoms with van der Waals surface area (Å²) >= 11 is 12.4. The summed E-state index contributed by atoms with van der Waals surface area (Å²) in [5.74, 6) is 0.938. The summed E-state index contributed by atoms with van der Waals surface area (Å²) in [6, 6.07) is 15.9. The zero-order valence-electron chi connectivity index (χ0n) is 18.1. The lowest BCUT2D eigenvalue weighted by Crippen LogP contribution is -2.46. The molecule has 1 fully saturated rings. The van der Waals surface area contributed by atoms with Crippen molar-refractivity contribution in [1.29, 1.82) is 0 Å². The summed E-state index contributed by atoms with van der Waals surface area (Å²) in [5, 5.41) is 6.77.